The summed E-state index contributed by atoms with van der Waals surface area (Å²) in [5.74, 6) is 0. The SMILES string of the molecule is Cc1ccc(C2=NN(S(=O)(=O)c3ccccc3)[C@@H](c3ccccc3Cl)C2)cc1. The summed E-state index contributed by atoms with van der Waals surface area (Å²) in [5.41, 5.74) is 3.52. The van der Waals surface area contributed by atoms with E-state index in [0.29, 0.717) is 11.4 Å². The van der Waals surface area contributed by atoms with E-state index in [0.717, 1.165) is 22.4 Å². The van der Waals surface area contributed by atoms with E-state index >= 15 is 0 Å². The van der Waals surface area contributed by atoms with Crippen molar-refractivity contribution in [3.63, 3.8) is 0 Å². The fourth-order valence-corrected chi connectivity index (χ4v) is 5.02. The molecule has 6 heteroatoms. The second kappa shape index (κ2) is 7.41. The summed E-state index contributed by atoms with van der Waals surface area (Å²) in [6.45, 7) is 2.01. The van der Waals surface area contributed by atoms with Crippen molar-refractivity contribution in [1.29, 1.82) is 0 Å². The highest BCUT2D eigenvalue weighted by molar-refractivity contribution is 7.89. The van der Waals surface area contributed by atoms with Crippen LogP contribution in [0.2, 0.25) is 5.02 Å². The lowest BCUT2D eigenvalue weighted by atomic mass is 9.98. The van der Waals surface area contributed by atoms with Crippen molar-refractivity contribution in [2.75, 3.05) is 0 Å². The molecule has 4 nitrogen and oxygen atoms in total. The molecule has 28 heavy (non-hydrogen) atoms. The summed E-state index contributed by atoms with van der Waals surface area (Å²) in [5, 5.41) is 5.07. The molecule has 0 spiro atoms. The quantitative estimate of drug-likeness (QED) is 0.594. The molecule has 1 atom stereocenters. The summed E-state index contributed by atoms with van der Waals surface area (Å²) in [6, 6.07) is 23.1. The number of halogens is 1. The number of sulfonamides is 1. The van der Waals surface area contributed by atoms with Crippen LogP contribution in [0.4, 0.5) is 0 Å². The standard InChI is InChI=1S/C22H19ClN2O2S/c1-16-11-13-17(14-12-16)21-15-22(19-9-5-6-10-20(19)23)25(24-21)28(26,27)18-7-3-2-4-8-18/h2-14,22H,15H2,1H3/t22-/m1/s1. The molecular weight excluding hydrogens is 392 g/mol. The van der Waals surface area contributed by atoms with Crippen LogP contribution in [-0.4, -0.2) is 18.5 Å². The van der Waals surface area contributed by atoms with Gasteiger partial charge in [-0.2, -0.15) is 17.9 Å². The molecule has 4 rings (SSSR count). The molecular formula is C22H19ClN2O2S. The van der Waals surface area contributed by atoms with Crippen LogP contribution in [0.15, 0.2) is 88.9 Å². The molecule has 142 valence electrons. The zero-order valence-electron chi connectivity index (χ0n) is 15.3. The van der Waals surface area contributed by atoms with Crippen LogP contribution in [0.3, 0.4) is 0 Å². The molecule has 0 unspecified atom stereocenters. The van der Waals surface area contributed by atoms with Crippen LogP contribution in [0.1, 0.15) is 29.2 Å². The number of hydrogen-bond acceptors (Lipinski definition) is 3. The van der Waals surface area contributed by atoms with Gasteiger partial charge in [0, 0.05) is 11.4 Å². The smallest absolute Gasteiger partial charge is 0.200 e. The summed E-state index contributed by atoms with van der Waals surface area (Å²) in [7, 11) is -3.81. The molecule has 0 bridgehead atoms. The molecule has 3 aromatic carbocycles. The fourth-order valence-electron chi connectivity index (χ4n) is 3.31. The van der Waals surface area contributed by atoms with E-state index in [1.54, 1.807) is 36.4 Å². The normalized spacial score (nSPS) is 16.9. The van der Waals surface area contributed by atoms with Gasteiger partial charge < -0.3 is 0 Å². The first-order chi connectivity index (χ1) is 13.5. The maximum absolute atomic E-state index is 13.3. The zero-order chi connectivity index (χ0) is 19.7. The molecule has 0 saturated carbocycles. The number of benzene rings is 3. The van der Waals surface area contributed by atoms with Gasteiger partial charge in [0.2, 0.25) is 0 Å². The summed E-state index contributed by atoms with van der Waals surface area (Å²) in [6.07, 6.45) is 0.457. The van der Waals surface area contributed by atoms with Crippen molar-refractivity contribution in [2.24, 2.45) is 5.10 Å². The topological polar surface area (TPSA) is 49.7 Å². The van der Waals surface area contributed by atoms with Gasteiger partial charge in [0.25, 0.3) is 10.0 Å². The van der Waals surface area contributed by atoms with Crippen molar-refractivity contribution in [3.05, 3.63) is 101 Å². The van der Waals surface area contributed by atoms with Crippen LogP contribution in [-0.2, 0) is 10.0 Å². The first kappa shape index (κ1) is 18.7. The maximum Gasteiger partial charge on any atom is 0.279 e. The van der Waals surface area contributed by atoms with E-state index in [2.05, 4.69) is 5.10 Å². The highest BCUT2D eigenvalue weighted by atomic mass is 35.5. The molecule has 1 heterocycles. The lowest BCUT2D eigenvalue weighted by molar-refractivity contribution is 0.371. The van der Waals surface area contributed by atoms with Gasteiger partial charge in [-0.1, -0.05) is 77.8 Å². The largest absolute Gasteiger partial charge is 0.279 e. The highest BCUT2D eigenvalue weighted by Gasteiger charge is 2.38. The molecule has 0 amide bonds. The van der Waals surface area contributed by atoms with E-state index < -0.39 is 16.1 Å². The van der Waals surface area contributed by atoms with Crippen LogP contribution < -0.4 is 0 Å². The Morgan fingerprint density at radius 1 is 0.929 bits per heavy atom. The van der Waals surface area contributed by atoms with Crippen molar-refractivity contribution < 1.29 is 8.42 Å². The second-order valence-electron chi connectivity index (χ2n) is 6.74. The number of hydrazone groups is 1. The zero-order valence-corrected chi connectivity index (χ0v) is 16.9. The van der Waals surface area contributed by atoms with E-state index in [1.165, 1.54) is 4.41 Å². The maximum atomic E-state index is 13.3. The van der Waals surface area contributed by atoms with E-state index in [1.807, 2.05) is 49.4 Å². The Morgan fingerprint density at radius 3 is 2.25 bits per heavy atom. The first-order valence-corrected chi connectivity index (χ1v) is 10.8. The summed E-state index contributed by atoms with van der Waals surface area (Å²) >= 11 is 6.41. The predicted molar refractivity (Wildman–Crippen MR) is 112 cm³/mol. The molecule has 0 radical (unpaired) electrons. The third kappa shape index (κ3) is 3.43. The Labute approximate surface area is 170 Å². The lowest BCUT2D eigenvalue weighted by Crippen LogP contribution is -2.27. The monoisotopic (exact) mass is 410 g/mol. The lowest BCUT2D eigenvalue weighted by Gasteiger charge is -2.24. The minimum atomic E-state index is -3.81. The fraction of sp³-hybridized carbons (Fsp3) is 0.136. The molecule has 3 aromatic rings. The summed E-state index contributed by atoms with van der Waals surface area (Å²) < 4.78 is 27.9. The van der Waals surface area contributed by atoms with E-state index in [9.17, 15) is 8.42 Å². The highest BCUT2D eigenvalue weighted by Crippen LogP contribution is 2.39. The van der Waals surface area contributed by atoms with Crippen LogP contribution in [0.25, 0.3) is 0 Å². The van der Waals surface area contributed by atoms with Gasteiger partial charge in [0.05, 0.1) is 16.6 Å². The molecule has 0 N–H and O–H groups in total. The summed E-state index contributed by atoms with van der Waals surface area (Å²) in [4.78, 5) is 0.209. The Hall–Kier alpha value is -2.63. The van der Waals surface area contributed by atoms with Crippen LogP contribution in [0, 0.1) is 6.92 Å². The molecule has 0 saturated heterocycles. The second-order valence-corrected chi connectivity index (χ2v) is 8.95. The predicted octanol–water partition coefficient (Wildman–Crippen LogP) is 5.19. The van der Waals surface area contributed by atoms with E-state index in [-0.39, 0.29) is 4.90 Å². The Kier molecular flexibility index (Phi) is 4.96. The Bertz CT molecular complexity index is 1130. The Balaban J connectivity index is 1.82. The molecule has 0 aromatic heterocycles. The molecule has 1 aliphatic rings. The molecule has 1 aliphatic heterocycles. The van der Waals surface area contributed by atoms with Crippen molar-refractivity contribution in [3.8, 4) is 0 Å². The van der Waals surface area contributed by atoms with Gasteiger partial charge in [0.15, 0.2) is 0 Å². The van der Waals surface area contributed by atoms with Gasteiger partial charge in [0.1, 0.15) is 0 Å². The average Bonchev–Trinajstić information content (AvgIpc) is 3.15. The number of aryl methyl sites for hydroxylation is 1. The van der Waals surface area contributed by atoms with Crippen molar-refractivity contribution in [2.45, 2.75) is 24.3 Å². The molecule has 0 aliphatic carbocycles. The third-order valence-electron chi connectivity index (χ3n) is 4.81. The van der Waals surface area contributed by atoms with Crippen LogP contribution in [0.5, 0.6) is 0 Å². The average molecular weight is 411 g/mol. The van der Waals surface area contributed by atoms with Gasteiger partial charge in [-0.15, -0.1) is 0 Å². The van der Waals surface area contributed by atoms with Crippen LogP contribution >= 0.6 is 11.6 Å². The number of rotatable bonds is 4. The van der Waals surface area contributed by atoms with Gasteiger partial charge in [-0.05, 0) is 36.2 Å². The minimum Gasteiger partial charge on any atom is -0.200 e. The molecule has 0 fully saturated rings. The first-order valence-electron chi connectivity index (χ1n) is 8.95. The van der Waals surface area contributed by atoms with E-state index in [4.69, 9.17) is 11.6 Å². The van der Waals surface area contributed by atoms with Crippen molar-refractivity contribution in [1.82, 2.24) is 4.41 Å². The minimum absolute atomic E-state index is 0.209. The van der Waals surface area contributed by atoms with Crippen molar-refractivity contribution >= 4 is 27.3 Å². The number of hydrogen-bond donors (Lipinski definition) is 0. The van der Waals surface area contributed by atoms with Gasteiger partial charge in [-0.25, -0.2) is 0 Å². The van der Waals surface area contributed by atoms with Gasteiger partial charge >= 0.3 is 0 Å². The van der Waals surface area contributed by atoms with Gasteiger partial charge in [-0.3, -0.25) is 0 Å². The Morgan fingerprint density at radius 2 is 1.57 bits per heavy atom. The number of nitrogens with zero attached hydrogens (tertiary/aromatic N) is 2. The third-order valence-corrected chi connectivity index (χ3v) is 6.85.